The van der Waals surface area contributed by atoms with Gasteiger partial charge in [-0.05, 0) is 36.8 Å². The first-order chi connectivity index (χ1) is 10.4. The number of nitrogens with one attached hydrogen (secondary N) is 2. The van der Waals surface area contributed by atoms with Gasteiger partial charge in [-0.3, -0.25) is 14.3 Å². The second kappa shape index (κ2) is 6.65. The monoisotopic (exact) mass is 329 g/mol. The Morgan fingerprint density at radius 2 is 1.95 bits per heavy atom. The van der Waals surface area contributed by atoms with Crippen LogP contribution in [0.3, 0.4) is 0 Å². The van der Waals surface area contributed by atoms with E-state index in [2.05, 4.69) is 10.2 Å². The molecule has 0 unspecified atom stereocenters. The van der Waals surface area contributed by atoms with Crippen molar-refractivity contribution in [2.75, 3.05) is 12.4 Å². The molecule has 1 amide bonds. The van der Waals surface area contributed by atoms with Crippen LogP contribution in [0.15, 0.2) is 30.3 Å². The van der Waals surface area contributed by atoms with Crippen molar-refractivity contribution >= 4 is 15.9 Å². The van der Waals surface area contributed by atoms with E-state index in [1.807, 2.05) is 4.72 Å². The zero-order valence-electron chi connectivity index (χ0n) is 11.3. The predicted molar refractivity (Wildman–Crippen MR) is 75.8 cm³/mol. The van der Waals surface area contributed by atoms with Crippen molar-refractivity contribution in [3.05, 3.63) is 41.8 Å². The van der Waals surface area contributed by atoms with Crippen molar-refractivity contribution in [3.8, 4) is 11.3 Å². The summed E-state index contributed by atoms with van der Waals surface area (Å²) in [6, 6.07) is 6.78. The highest BCUT2D eigenvalue weighted by molar-refractivity contribution is 7.90. The fourth-order valence-corrected chi connectivity index (χ4v) is 2.68. The van der Waals surface area contributed by atoms with Crippen LogP contribution >= 0.6 is 0 Å². The van der Waals surface area contributed by atoms with Gasteiger partial charge in [0, 0.05) is 5.56 Å². The molecular weight excluding hydrogens is 316 g/mol. The number of aromatic nitrogens is 2. The molecule has 0 aliphatic heterocycles. The molecule has 2 rings (SSSR count). The van der Waals surface area contributed by atoms with Gasteiger partial charge >= 0.3 is 0 Å². The maximum atomic E-state index is 12.8. The Morgan fingerprint density at radius 3 is 2.59 bits per heavy atom. The number of carbonyl (C=O) groups is 1. The highest BCUT2D eigenvalue weighted by Gasteiger charge is 2.18. The molecule has 0 radical (unpaired) electrons. The van der Waals surface area contributed by atoms with Crippen LogP contribution in [-0.2, 0) is 10.0 Å². The van der Waals surface area contributed by atoms with Crippen LogP contribution in [0.1, 0.15) is 16.9 Å². The molecule has 22 heavy (non-hydrogen) atoms. The number of carbonyl (C=O) groups excluding carboxylic acids is 1. The smallest absolute Gasteiger partial charge is 0.272 e. The maximum absolute atomic E-state index is 12.8. The molecule has 1 aromatic carbocycles. The van der Waals surface area contributed by atoms with Gasteiger partial charge in [-0.25, -0.2) is 17.5 Å². The molecule has 118 valence electrons. The Balaban J connectivity index is 2.11. The Hall–Kier alpha value is -2.29. The molecule has 0 bridgehead atoms. The van der Waals surface area contributed by atoms with Crippen molar-refractivity contribution in [3.63, 3.8) is 0 Å². The molecule has 0 aliphatic rings. The van der Waals surface area contributed by atoms with E-state index in [1.165, 1.54) is 30.3 Å². The van der Waals surface area contributed by atoms with E-state index in [9.17, 15) is 22.0 Å². The average molecular weight is 329 g/mol. The summed E-state index contributed by atoms with van der Waals surface area (Å²) in [6.45, 7) is -0.784. The Kier molecular flexibility index (Phi) is 4.86. The third-order valence-corrected chi connectivity index (χ3v) is 4.08. The predicted octanol–water partition coefficient (Wildman–Crippen LogP) is 1.63. The molecule has 0 saturated carbocycles. The average Bonchev–Trinajstić information content (AvgIpc) is 2.95. The van der Waals surface area contributed by atoms with Crippen molar-refractivity contribution in [1.82, 2.24) is 14.9 Å². The minimum absolute atomic E-state index is 0.0665. The number of hydrogen-bond acceptors (Lipinski definition) is 4. The lowest BCUT2D eigenvalue weighted by Crippen LogP contribution is -2.32. The van der Waals surface area contributed by atoms with Gasteiger partial charge in [0.05, 0.1) is 18.1 Å². The van der Waals surface area contributed by atoms with E-state index in [1.54, 1.807) is 0 Å². The summed E-state index contributed by atoms with van der Waals surface area (Å²) in [5, 5.41) is 6.27. The molecule has 1 aromatic heterocycles. The normalized spacial score (nSPS) is 11.4. The second-order valence-electron chi connectivity index (χ2n) is 4.47. The summed E-state index contributed by atoms with van der Waals surface area (Å²) >= 11 is 0. The van der Waals surface area contributed by atoms with Crippen LogP contribution in [0.25, 0.3) is 11.3 Å². The van der Waals surface area contributed by atoms with Crippen molar-refractivity contribution in [2.45, 2.75) is 6.42 Å². The molecule has 6 nitrogen and oxygen atoms in total. The molecule has 9 heteroatoms. The number of aromatic amines is 1. The minimum atomic E-state index is -3.89. The van der Waals surface area contributed by atoms with Crippen molar-refractivity contribution in [2.24, 2.45) is 0 Å². The summed E-state index contributed by atoms with van der Waals surface area (Å²) in [6.07, 6.45) is -0.188. The standard InChI is InChI=1S/C13H13F2N3O3S/c14-6-1-7-22(20,21)18-13(19)12-8-11(16-17-12)9-2-4-10(15)5-3-9/h2-5,8H,1,6-7H2,(H,16,17)(H,18,19). The Labute approximate surface area is 125 Å². The minimum Gasteiger partial charge on any atom is -0.272 e. The molecule has 0 spiro atoms. The topological polar surface area (TPSA) is 91.9 Å². The zero-order chi connectivity index (χ0) is 16.2. The van der Waals surface area contributed by atoms with Gasteiger partial charge in [-0.1, -0.05) is 0 Å². The SMILES string of the molecule is O=C(NS(=O)(=O)CCCF)c1cc(-c2ccc(F)cc2)n[nH]1. The number of nitrogens with zero attached hydrogens (tertiary/aromatic N) is 1. The third kappa shape index (κ3) is 4.10. The van der Waals surface area contributed by atoms with E-state index >= 15 is 0 Å². The fourth-order valence-electron chi connectivity index (χ4n) is 1.70. The summed E-state index contributed by atoms with van der Waals surface area (Å²) in [7, 11) is -3.89. The summed E-state index contributed by atoms with van der Waals surface area (Å²) in [5.41, 5.74) is 0.867. The summed E-state index contributed by atoms with van der Waals surface area (Å²) in [5.74, 6) is -1.77. The third-order valence-electron chi connectivity index (χ3n) is 2.76. The fraction of sp³-hybridized carbons (Fsp3) is 0.231. The van der Waals surface area contributed by atoms with Crippen LogP contribution in [0.2, 0.25) is 0 Å². The highest BCUT2D eigenvalue weighted by Crippen LogP contribution is 2.18. The van der Waals surface area contributed by atoms with Crippen LogP contribution in [-0.4, -0.2) is 36.9 Å². The number of hydrogen-bond donors (Lipinski definition) is 2. The largest absolute Gasteiger partial charge is 0.282 e. The zero-order valence-corrected chi connectivity index (χ0v) is 12.2. The molecule has 0 saturated heterocycles. The van der Waals surface area contributed by atoms with E-state index in [4.69, 9.17) is 0 Å². The second-order valence-corrected chi connectivity index (χ2v) is 6.31. The first-order valence-electron chi connectivity index (χ1n) is 6.33. The van der Waals surface area contributed by atoms with Gasteiger partial charge in [-0.15, -0.1) is 0 Å². The number of amides is 1. The lowest BCUT2D eigenvalue weighted by atomic mass is 10.1. The highest BCUT2D eigenvalue weighted by atomic mass is 32.2. The Bertz CT molecular complexity index is 757. The number of benzene rings is 1. The Morgan fingerprint density at radius 1 is 1.27 bits per heavy atom. The molecule has 0 fully saturated rings. The van der Waals surface area contributed by atoms with Gasteiger partial charge in [0.15, 0.2) is 0 Å². The van der Waals surface area contributed by atoms with Crippen LogP contribution < -0.4 is 4.72 Å². The lowest BCUT2D eigenvalue weighted by Gasteiger charge is -2.03. The molecule has 1 heterocycles. The number of rotatable bonds is 6. The first-order valence-corrected chi connectivity index (χ1v) is 7.98. The van der Waals surface area contributed by atoms with Crippen LogP contribution in [0, 0.1) is 5.82 Å². The van der Waals surface area contributed by atoms with Crippen LogP contribution in [0.5, 0.6) is 0 Å². The summed E-state index contributed by atoms with van der Waals surface area (Å²) in [4.78, 5) is 11.8. The van der Waals surface area contributed by atoms with Crippen LogP contribution in [0.4, 0.5) is 8.78 Å². The van der Waals surface area contributed by atoms with Crippen molar-refractivity contribution < 1.29 is 22.0 Å². The molecule has 0 atom stereocenters. The van der Waals surface area contributed by atoms with E-state index in [-0.39, 0.29) is 12.1 Å². The number of H-pyrrole nitrogens is 1. The number of halogens is 2. The van der Waals surface area contributed by atoms with Gasteiger partial charge < -0.3 is 0 Å². The van der Waals surface area contributed by atoms with Crippen molar-refractivity contribution in [1.29, 1.82) is 0 Å². The number of sulfonamides is 1. The lowest BCUT2D eigenvalue weighted by molar-refractivity contribution is 0.0976. The molecule has 2 N–H and O–H groups in total. The number of alkyl halides is 1. The molecule has 0 aliphatic carbocycles. The van der Waals surface area contributed by atoms with Gasteiger partial charge in [0.25, 0.3) is 5.91 Å². The van der Waals surface area contributed by atoms with E-state index < -0.39 is 34.2 Å². The van der Waals surface area contributed by atoms with Gasteiger partial charge in [0.2, 0.25) is 10.0 Å². The maximum Gasteiger partial charge on any atom is 0.282 e. The van der Waals surface area contributed by atoms with E-state index in [0.29, 0.717) is 11.3 Å². The summed E-state index contributed by atoms with van der Waals surface area (Å²) < 4.78 is 49.7. The quantitative estimate of drug-likeness (QED) is 0.842. The first kappa shape index (κ1) is 16.1. The van der Waals surface area contributed by atoms with E-state index in [0.717, 1.165) is 0 Å². The van der Waals surface area contributed by atoms with Gasteiger partial charge in [0.1, 0.15) is 11.5 Å². The molecule has 2 aromatic rings. The van der Waals surface area contributed by atoms with Gasteiger partial charge in [-0.2, -0.15) is 5.10 Å². The molecular formula is C13H13F2N3O3S.